The first-order valence-corrected chi connectivity index (χ1v) is 11.4. The van der Waals surface area contributed by atoms with Crippen molar-refractivity contribution in [3.63, 3.8) is 0 Å². The minimum absolute atomic E-state index is 0.0709. The SMILES string of the molecule is COCC1=NCC(C(C)N(c2cc(F)ccc2F)S(=O)(=O)c2ccc(Cl)cc2)S1. The second-order valence-corrected chi connectivity index (χ2v) is 9.98. The Kier molecular flexibility index (Phi) is 6.83. The highest BCUT2D eigenvalue weighted by molar-refractivity contribution is 8.14. The zero-order valence-electron chi connectivity index (χ0n) is 15.7. The summed E-state index contributed by atoms with van der Waals surface area (Å²) in [5.74, 6) is -1.57. The van der Waals surface area contributed by atoms with Crippen molar-refractivity contribution in [2.45, 2.75) is 23.1 Å². The predicted molar refractivity (Wildman–Crippen MR) is 112 cm³/mol. The van der Waals surface area contributed by atoms with Crippen LogP contribution in [0.15, 0.2) is 52.4 Å². The summed E-state index contributed by atoms with van der Waals surface area (Å²) in [5, 5.41) is 0.808. The molecule has 2 aromatic rings. The third-order valence-electron chi connectivity index (χ3n) is 4.43. The van der Waals surface area contributed by atoms with Crippen molar-refractivity contribution in [2.24, 2.45) is 4.99 Å². The van der Waals surface area contributed by atoms with Crippen LogP contribution in [0.25, 0.3) is 0 Å². The van der Waals surface area contributed by atoms with Crippen molar-refractivity contribution in [3.8, 4) is 0 Å². The zero-order chi connectivity index (χ0) is 21.2. The highest BCUT2D eigenvalue weighted by Gasteiger charge is 2.38. The van der Waals surface area contributed by atoms with E-state index in [4.69, 9.17) is 16.3 Å². The van der Waals surface area contributed by atoms with Crippen LogP contribution in [0.5, 0.6) is 0 Å². The average molecular weight is 461 g/mol. The molecule has 0 N–H and O–H groups in total. The van der Waals surface area contributed by atoms with E-state index in [2.05, 4.69) is 4.99 Å². The Balaban J connectivity index is 2.05. The van der Waals surface area contributed by atoms with E-state index in [0.29, 0.717) is 18.2 Å². The molecule has 3 rings (SSSR count). The maximum atomic E-state index is 14.6. The minimum Gasteiger partial charge on any atom is -0.378 e. The minimum atomic E-state index is -4.20. The summed E-state index contributed by atoms with van der Waals surface area (Å²) in [7, 11) is -2.66. The fourth-order valence-corrected chi connectivity index (χ4v) is 6.03. The fourth-order valence-electron chi connectivity index (χ4n) is 2.99. The Bertz CT molecular complexity index is 1020. The Labute approximate surface area is 177 Å². The molecule has 0 radical (unpaired) electrons. The third kappa shape index (κ3) is 4.74. The molecule has 5 nitrogen and oxygen atoms in total. The number of rotatable bonds is 7. The predicted octanol–water partition coefficient (Wildman–Crippen LogP) is 4.36. The van der Waals surface area contributed by atoms with E-state index in [-0.39, 0.29) is 15.8 Å². The highest BCUT2D eigenvalue weighted by atomic mass is 35.5. The molecule has 1 aliphatic rings. The third-order valence-corrected chi connectivity index (χ3v) is 7.96. The van der Waals surface area contributed by atoms with Gasteiger partial charge in [0.15, 0.2) is 0 Å². The summed E-state index contributed by atoms with van der Waals surface area (Å²) in [6.45, 7) is 2.31. The Morgan fingerprint density at radius 1 is 1.28 bits per heavy atom. The number of nitrogens with zero attached hydrogens (tertiary/aromatic N) is 2. The van der Waals surface area contributed by atoms with E-state index in [9.17, 15) is 17.2 Å². The van der Waals surface area contributed by atoms with Gasteiger partial charge in [-0.1, -0.05) is 11.6 Å². The molecule has 0 saturated heterocycles. The van der Waals surface area contributed by atoms with Crippen LogP contribution in [0.3, 0.4) is 0 Å². The summed E-state index contributed by atoms with van der Waals surface area (Å²) in [6.07, 6.45) is 0. The van der Waals surface area contributed by atoms with Crippen molar-refractivity contribution in [1.29, 1.82) is 0 Å². The molecule has 0 fully saturated rings. The summed E-state index contributed by atoms with van der Waals surface area (Å²) in [5.41, 5.74) is -0.353. The zero-order valence-corrected chi connectivity index (χ0v) is 18.1. The number of sulfonamides is 1. The van der Waals surface area contributed by atoms with Gasteiger partial charge in [0.2, 0.25) is 0 Å². The molecule has 1 heterocycles. The second-order valence-electron chi connectivity index (χ2n) is 6.41. The lowest BCUT2D eigenvalue weighted by Gasteiger charge is -2.33. The van der Waals surface area contributed by atoms with Gasteiger partial charge in [-0.3, -0.25) is 9.30 Å². The van der Waals surface area contributed by atoms with Crippen molar-refractivity contribution in [2.75, 3.05) is 24.6 Å². The number of methoxy groups -OCH3 is 1. The first-order chi connectivity index (χ1) is 13.7. The molecule has 0 aliphatic carbocycles. The number of hydrogen-bond acceptors (Lipinski definition) is 5. The van der Waals surface area contributed by atoms with Crippen LogP contribution in [0.2, 0.25) is 5.02 Å². The quantitative estimate of drug-likeness (QED) is 0.616. The number of halogens is 3. The Hall–Kier alpha value is -1.68. The van der Waals surface area contributed by atoms with Crippen LogP contribution in [0.4, 0.5) is 14.5 Å². The topological polar surface area (TPSA) is 59.0 Å². The first-order valence-electron chi connectivity index (χ1n) is 8.68. The summed E-state index contributed by atoms with van der Waals surface area (Å²) in [6, 6.07) is 7.57. The van der Waals surface area contributed by atoms with E-state index in [1.807, 2.05) is 0 Å². The van der Waals surface area contributed by atoms with E-state index in [1.54, 1.807) is 14.0 Å². The van der Waals surface area contributed by atoms with Gasteiger partial charge in [-0.25, -0.2) is 17.2 Å². The molecule has 2 unspecified atom stereocenters. The van der Waals surface area contributed by atoms with Crippen LogP contribution in [-0.2, 0) is 14.8 Å². The fraction of sp³-hybridized carbons (Fsp3) is 0.316. The number of benzene rings is 2. The van der Waals surface area contributed by atoms with E-state index in [1.165, 1.54) is 36.0 Å². The van der Waals surface area contributed by atoms with Crippen molar-refractivity contribution in [3.05, 3.63) is 59.1 Å². The van der Waals surface area contributed by atoms with E-state index >= 15 is 0 Å². The van der Waals surface area contributed by atoms with E-state index < -0.39 is 27.7 Å². The molecular weight excluding hydrogens is 442 g/mol. The monoisotopic (exact) mass is 460 g/mol. The molecule has 0 bridgehead atoms. The van der Waals surface area contributed by atoms with Gasteiger partial charge in [-0.2, -0.15) is 0 Å². The highest BCUT2D eigenvalue weighted by Crippen LogP contribution is 2.35. The number of aliphatic imine (C=N–C) groups is 1. The van der Waals surface area contributed by atoms with Crippen molar-refractivity contribution >= 4 is 44.1 Å². The molecule has 0 aromatic heterocycles. The standard InChI is InChI=1S/C19H19ClF2N2O3S2/c1-12(18-10-23-19(28-18)11-27-2)24(17-9-14(21)5-8-16(17)22)29(25,26)15-6-3-13(20)4-7-15/h3-9,12,18H,10-11H2,1-2H3. The smallest absolute Gasteiger partial charge is 0.264 e. The van der Waals surface area contributed by atoms with Crippen molar-refractivity contribution < 1.29 is 21.9 Å². The van der Waals surface area contributed by atoms with Crippen LogP contribution < -0.4 is 4.31 Å². The normalized spacial score (nSPS) is 17.8. The molecule has 10 heteroatoms. The second kappa shape index (κ2) is 8.99. The van der Waals surface area contributed by atoms with Crippen LogP contribution in [0.1, 0.15) is 6.92 Å². The number of thioether (sulfide) groups is 1. The number of anilines is 1. The summed E-state index contributed by atoms with van der Waals surface area (Å²) < 4.78 is 61.4. The van der Waals surface area contributed by atoms with Gasteiger partial charge in [-0.15, -0.1) is 11.8 Å². The Morgan fingerprint density at radius 2 is 1.97 bits per heavy atom. The van der Waals surface area contributed by atoms with Crippen molar-refractivity contribution in [1.82, 2.24) is 0 Å². The molecule has 29 heavy (non-hydrogen) atoms. The Morgan fingerprint density at radius 3 is 2.62 bits per heavy atom. The van der Waals surface area contributed by atoms with Gasteiger partial charge in [0, 0.05) is 18.2 Å². The number of hydrogen-bond donors (Lipinski definition) is 0. The van der Waals surface area contributed by atoms with E-state index in [0.717, 1.165) is 27.5 Å². The molecule has 0 spiro atoms. The molecule has 0 saturated carbocycles. The molecular formula is C19H19ClF2N2O3S2. The van der Waals surface area contributed by atoms with Crippen LogP contribution in [-0.4, -0.2) is 45.0 Å². The molecule has 156 valence electrons. The van der Waals surface area contributed by atoms with Gasteiger partial charge < -0.3 is 4.74 Å². The largest absolute Gasteiger partial charge is 0.378 e. The lowest BCUT2D eigenvalue weighted by atomic mass is 10.2. The first kappa shape index (κ1) is 22.0. The van der Waals surface area contributed by atoms with Crippen LogP contribution in [0, 0.1) is 11.6 Å². The maximum absolute atomic E-state index is 14.6. The molecule has 2 aromatic carbocycles. The summed E-state index contributed by atoms with van der Waals surface area (Å²) >= 11 is 7.24. The summed E-state index contributed by atoms with van der Waals surface area (Å²) in [4.78, 5) is 4.29. The lowest BCUT2D eigenvalue weighted by Crippen LogP contribution is -2.45. The lowest BCUT2D eigenvalue weighted by molar-refractivity contribution is 0.247. The van der Waals surface area contributed by atoms with Gasteiger partial charge >= 0.3 is 0 Å². The molecule has 1 aliphatic heterocycles. The van der Waals surface area contributed by atoms with Crippen LogP contribution >= 0.6 is 23.4 Å². The van der Waals surface area contributed by atoms with Gasteiger partial charge in [0.05, 0.1) is 40.1 Å². The van der Waals surface area contributed by atoms with Gasteiger partial charge in [-0.05, 0) is 43.3 Å². The average Bonchev–Trinajstić information content (AvgIpc) is 3.14. The maximum Gasteiger partial charge on any atom is 0.264 e. The van der Waals surface area contributed by atoms with Gasteiger partial charge in [0.1, 0.15) is 11.6 Å². The molecule has 0 amide bonds. The molecule has 2 atom stereocenters. The number of ether oxygens (including phenoxy) is 1. The van der Waals surface area contributed by atoms with Gasteiger partial charge in [0.25, 0.3) is 10.0 Å².